The first-order valence-electron chi connectivity index (χ1n) is 7.92. The van der Waals surface area contributed by atoms with Crippen molar-refractivity contribution in [1.82, 2.24) is 4.57 Å². The van der Waals surface area contributed by atoms with Crippen LogP contribution < -0.4 is 17.2 Å². The second-order valence-electron chi connectivity index (χ2n) is 5.48. The maximum atomic E-state index is 6.42. The van der Waals surface area contributed by atoms with Gasteiger partial charge in [0, 0.05) is 22.5 Å². The first-order chi connectivity index (χ1) is 11.7. The van der Waals surface area contributed by atoms with Crippen LogP contribution in [0.2, 0.25) is 10.0 Å². The standard InChI is InChI=1S/C19H18Cl2N2S.ClH/c1-2-3-11-23-18(16-10-9-14(20)12-17(16)21)13-24-19(23)22-15-7-5-4-6-8-15;/h4-10,12-13H,2-3,11H2,1H3;1H/p-1. The van der Waals surface area contributed by atoms with Gasteiger partial charge in [-0.3, -0.25) is 0 Å². The fourth-order valence-electron chi connectivity index (χ4n) is 2.48. The van der Waals surface area contributed by atoms with Gasteiger partial charge in [-0.25, -0.2) is 4.99 Å². The quantitative estimate of drug-likeness (QED) is 0.610. The van der Waals surface area contributed by atoms with Gasteiger partial charge in [0.2, 0.25) is 0 Å². The van der Waals surface area contributed by atoms with Gasteiger partial charge in [-0.15, -0.1) is 11.3 Å². The SMILES string of the molecule is CCCCn1c(-c2ccc(Cl)cc2Cl)csc1=Nc1ccccc1.[Cl-]. The highest BCUT2D eigenvalue weighted by Gasteiger charge is 2.11. The van der Waals surface area contributed by atoms with Crippen LogP contribution in [0.3, 0.4) is 0 Å². The van der Waals surface area contributed by atoms with Crippen molar-refractivity contribution in [1.29, 1.82) is 0 Å². The predicted molar refractivity (Wildman–Crippen MR) is 104 cm³/mol. The molecule has 3 aromatic rings. The summed E-state index contributed by atoms with van der Waals surface area (Å²) in [6.07, 6.45) is 2.22. The number of thiazole rings is 1. The van der Waals surface area contributed by atoms with Gasteiger partial charge in [0.15, 0.2) is 4.80 Å². The van der Waals surface area contributed by atoms with Crippen molar-refractivity contribution in [2.24, 2.45) is 4.99 Å². The number of unbranched alkanes of at least 4 members (excludes halogenated alkanes) is 1. The summed E-state index contributed by atoms with van der Waals surface area (Å²) in [4.78, 5) is 5.78. The van der Waals surface area contributed by atoms with Gasteiger partial charge in [-0.2, -0.15) is 0 Å². The lowest BCUT2D eigenvalue weighted by atomic mass is 10.1. The Balaban J connectivity index is 0.00000225. The molecule has 0 aliphatic heterocycles. The Morgan fingerprint density at radius 1 is 1.08 bits per heavy atom. The summed E-state index contributed by atoms with van der Waals surface area (Å²) in [5.41, 5.74) is 3.03. The molecule has 0 amide bonds. The average Bonchev–Trinajstić information content (AvgIpc) is 2.96. The van der Waals surface area contributed by atoms with E-state index in [4.69, 9.17) is 28.2 Å². The number of benzene rings is 2. The van der Waals surface area contributed by atoms with Crippen LogP contribution in [-0.4, -0.2) is 4.57 Å². The molecule has 0 atom stereocenters. The van der Waals surface area contributed by atoms with Gasteiger partial charge >= 0.3 is 0 Å². The minimum Gasteiger partial charge on any atom is -1.00 e. The summed E-state index contributed by atoms with van der Waals surface area (Å²) in [5, 5.41) is 3.43. The molecule has 0 aliphatic rings. The molecule has 0 N–H and O–H groups in total. The molecule has 0 unspecified atom stereocenters. The molecule has 1 aromatic heterocycles. The van der Waals surface area contributed by atoms with Gasteiger partial charge in [-0.1, -0.05) is 54.7 Å². The van der Waals surface area contributed by atoms with Crippen LogP contribution in [0.5, 0.6) is 0 Å². The largest absolute Gasteiger partial charge is 1.00 e. The second-order valence-corrected chi connectivity index (χ2v) is 7.16. The van der Waals surface area contributed by atoms with Gasteiger partial charge in [0.05, 0.1) is 16.4 Å². The van der Waals surface area contributed by atoms with Crippen LogP contribution in [-0.2, 0) is 6.54 Å². The van der Waals surface area contributed by atoms with Gasteiger partial charge < -0.3 is 17.0 Å². The number of hydrogen-bond donors (Lipinski definition) is 0. The predicted octanol–water partition coefficient (Wildman–Crippen LogP) is 3.56. The summed E-state index contributed by atoms with van der Waals surface area (Å²) >= 11 is 14.1. The van der Waals surface area contributed by atoms with Gasteiger partial charge in [-0.05, 0) is 36.8 Å². The summed E-state index contributed by atoms with van der Waals surface area (Å²) in [6, 6.07) is 15.7. The third-order valence-corrected chi connectivity index (χ3v) is 5.13. The summed E-state index contributed by atoms with van der Waals surface area (Å²) in [5.74, 6) is 0. The van der Waals surface area contributed by atoms with E-state index in [1.807, 2.05) is 42.5 Å². The smallest absolute Gasteiger partial charge is 0.190 e. The number of aromatic nitrogens is 1. The Morgan fingerprint density at radius 2 is 1.84 bits per heavy atom. The summed E-state index contributed by atoms with van der Waals surface area (Å²) in [7, 11) is 0. The normalized spacial score (nSPS) is 11.4. The number of rotatable bonds is 5. The first-order valence-corrected chi connectivity index (χ1v) is 9.56. The highest BCUT2D eigenvalue weighted by molar-refractivity contribution is 7.07. The summed E-state index contributed by atoms with van der Waals surface area (Å²) in [6.45, 7) is 3.11. The van der Waals surface area contributed by atoms with Crippen molar-refractivity contribution in [3.8, 4) is 11.3 Å². The number of nitrogens with zero attached hydrogens (tertiary/aromatic N) is 2. The molecule has 1 heterocycles. The molecule has 2 aromatic carbocycles. The fourth-order valence-corrected chi connectivity index (χ4v) is 3.93. The number of para-hydroxylation sites is 1. The lowest BCUT2D eigenvalue weighted by molar-refractivity contribution is -0.00000466. The zero-order valence-corrected chi connectivity index (χ0v) is 16.8. The molecule has 0 radical (unpaired) electrons. The van der Waals surface area contributed by atoms with Crippen molar-refractivity contribution >= 4 is 40.2 Å². The van der Waals surface area contributed by atoms with E-state index in [0.29, 0.717) is 10.0 Å². The molecular weight excluding hydrogens is 395 g/mol. The molecule has 0 spiro atoms. The molecule has 3 rings (SSSR count). The van der Waals surface area contributed by atoms with Gasteiger partial charge in [0.1, 0.15) is 0 Å². The van der Waals surface area contributed by atoms with Crippen LogP contribution in [0.1, 0.15) is 19.8 Å². The monoisotopic (exact) mass is 411 g/mol. The van der Waals surface area contributed by atoms with Crippen molar-refractivity contribution in [2.75, 3.05) is 0 Å². The van der Waals surface area contributed by atoms with E-state index >= 15 is 0 Å². The Labute approximate surface area is 168 Å². The van der Waals surface area contributed by atoms with Crippen molar-refractivity contribution < 1.29 is 12.4 Å². The third-order valence-electron chi connectivity index (χ3n) is 3.72. The van der Waals surface area contributed by atoms with Gasteiger partial charge in [0.25, 0.3) is 0 Å². The molecule has 0 aliphatic carbocycles. The Morgan fingerprint density at radius 3 is 2.52 bits per heavy atom. The molecule has 2 nitrogen and oxygen atoms in total. The Bertz CT molecular complexity index is 885. The van der Waals surface area contributed by atoms with E-state index in [0.717, 1.165) is 41.1 Å². The van der Waals surface area contributed by atoms with Crippen molar-refractivity contribution in [3.05, 3.63) is 68.8 Å². The minimum atomic E-state index is 0. The van der Waals surface area contributed by atoms with E-state index in [2.05, 4.69) is 16.9 Å². The van der Waals surface area contributed by atoms with E-state index in [1.54, 1.807) is 17.4 Å². The van der Waals surface area contributed by atoms with Crippen molar-refractivity contribution in [2.45, 2.75) is 26.3 Å². The maximum Gasteiger partial charge on any atom is 0.190 e. The van der Waals surface area contributed by atoms with Crippen molar-refractivity contribution in [3.63, 3.8) is 0 Å². The zero-order chi connectivity index (χ0) is 16.9. The average molecular weight is 413 g/mol. The molecule has 6 heteroatoms. The van der Waals surface area contributed by atoms with E-state index in [9.17, 15) is 0 Å². The van der Waals surface area contributed by atoms with Crippen LogP contribution in [0.4, 0.5) is 5.69 Å². The minimum absolute atomic E-state index is 0. The first kappa shape index (κ1) is 20.1. The van der Waals surface area contributed by atoms with E-state index in [1.165, 1.54) is 0 Å². The van der Waals surface area contributed by atoms with E-state index in [-0.39, 0.29) is 12.4 Å². The lowest BCUT2D eigenvalue weighted by Crippen LogP contribution is -3.00. The highest BCUT2D eigenvalue weighted by Crippen LogP contribution is 2.31. The molecule has 0 saturated heterocycles. The third kappa shape index (κ3) is 4.89. The van der Waals surface area contributed by atoms with Crippen LogP contribution in [0.25, 0.3) is 11.3 Å². The van der Waals surface area contributed by atoms with Crippen LogP contribution in [0.15, 0.2) is 58.9 Å². The molecular formula is C19H18Cl3N2S-. The fraction of sp³-hybridized carbons (Fsp3) is 0.211. The zero-order valence-electron chi connectivity index (χ0n) is 13.8. The Hall–Kier alpha value is -1.26. The lowest BCUT2D eigenvalue weighted by Gasteiger charge is -2.10. The van der Waals surface area contributed by atoms with Crippen LogP contribution >= 0.6 is 34.5 Å². The molecule has 25 heavy (non-hydrogen) atoms. The maximum absolute atomic E-state index is 6.42. The topological polar surface area (TPSA) is 17.3 Å². The second kappa shape index (κ2) is 9.44. The summed E-state index contributed by atoms with van der Waals surface area (Å²) < 4.78 is 2.25. The van der Waals surface area contributed by atoms with E-state index < -0.39 is 0 Å². The number of halogens is 3. The molecule has 0 saturated carbocycles. The number of hydrogen-bond acceptors (Lipinski definition) is 2. The highest BCUT2D eigenvalue weighted by atomic mass is 35.5. The Kier molecular flexibility index (Phi) is 7.57. The molecule has 132 valence electrons. The molecule has 0 fully saturated rings. The molecule has 0 bridgehead atoms. The van der Waals surface area contributed by atoms with Crippen LogP contribution in [0, 0.1) is 0 Å².